The highest BCUT2D eigenvalue weighted by molar-refractivity contribution is 5.81. The largest absolute Gasteiger partial charge is 0.368 e. The van der Waals surface area contributed by atoms with Crippen LogP contribution in [0.15, 0.2) is 24.3 Å². The van der Waals surface area contributed by atoms with Gasteiger partial charge in [0.2, 0.25) is 0 Å². The Morgan fingerprint density at radius 2 is 2.28 bits per heavy atom. The minimum atomic E-state index is -1.42. The first-order valence-corrected chi connectivity index (χ1v) is 9.18. The molecule has 3 fully saturated rings. The van der Waals surface area contributed by atoms with Crippen LogP contribution in [0, 0.1) is 29.1 Å². The van der Waals surface area contributed by atoms with Crippen molar-refractivity contribution in [2.24, 2.45) is 17.8 Å². The van der Waals surface area contributed by atoms with Crippen LogP contribution in [-0.2, 0) is 15.1 Å². The molecule has 0 radical (unpaired) electrons. The lowest BCUT2D eigenvalue weighted by atomic mass is 9.84. The number of halogens is 1. The molecule has 5 heteroatoms. The van der Waals surface area contributed by atoms with E-state index in [9.17, 15) is 9.18 Å². The van der Waals surface area contributed by atoms with Gasteiger partial charge in [-0.05, 0) is 48.8 Å². The van der Waals surface area contributed by atoms with Crippen molar-refractivity contribution in [3.8, 4) is 6.07 Å². The van der Waals surface area contributed by atoms with Crippen LogP contribution in [0.5, 0.6) is 0 Å². The standard InChI is InChI=1S/C20H23FN2O2/c21-18(17-10-13-4-5-15(17)8-13)19(24)23-12-20(6-7-25-20)16-3-1-2-14(9-16)11-22/h1-3,9,13,15,17-18H,4-8,10,12H2,(H,23,24)/t13?,15?,17?,18?,20-/m1/s1. The zero-order chi connectivity index (χ0) is 17.4. The number of amides is 1. The van der Waals surface area contributed by atoms with E-state index in [4.69, 9.17) is 10.00 Å². The molecule has 1 aromatic rings. The SMILES string of the molecule is N#Cc1cccc([C@]2(CNC(=O)C(F)C3CC4CCC3C4)CCO2)c1. The molecule has 2 aliphatic carbocycles. The van der Waals surface area contributed by atoms with Gasteiger partial charge in [0.15, 0.2) is 6.17 Å². The molecule has 4 unspecified atom stereocenters. The van der Waals surface area contributed by atoms with Gasteiger partial charge in [-0.1, -0.05) is 18.6 Å². The normalized spacial score (nSPS) is 34.2. The number of carbonyl (C=O) groups excluding carboxylic acids is 1. The average Bonchev–Trinajstić information content (AvgIpc) is 3.23. The summed E-state index contributed by atoms with van der Waals surface area (Å²) in [5.41, 5.74) is 0.800. The Hall–Kier alpha value is -1.93. The van der Waals surface area contributed by atoms with Crippen LogP contribution in [0.4, 0.5) is 4.39 Å². The number of nitrogens with one attached hydrogen (secondary N) is 1. The topological polar surface area (TPSA) is 62.1 Å². The van der Waals surface area contributed by atoms with Crippen molar-refractivity contribution in [1.82, 2.24) is 5.32 Å². The molecule has 1 amide bonds. The number of alkyl halides is 1. The van der Waals surface area contributed by atoms with Crippen molar-refractivity contribution in [1.29, 1.82) is 5.26 Å². The zero-order valence-electron chi connectivity index (χ0n) is 14.2. The van der Waals surface area contributed by atoms with Crippen molar-refractivity contribution >= 4 is 5.91 Å². The van der Waals surface area contributed by atoms with Crippen LogP contribution in [-0.4, -0.2) is 25.2 Å². The van der Waals surface area contributed by atoms with Crippen molar-refractivity contribution in [2.75, 3.05) is 13.2 Å². The molecule has 1 aliphatic heterocycles. The maximum absolute atomic E-state index is 14.7. The Kier molecular flexibility index (Phi) is 4.24. The molecule has 4 rings (SSSR count). The first-order valence-electron chi connectivity index (χ1n) is 9.18. The molecule has 0 aromatic heterocycles. The highest BCUT2D eigenvalue weighted by atomic mass is 19.1. The van der Waals surface area contributed by atoms with E-state index in [1.54, 1.807) is 12.1 Å². The number of rotatable bonds is 5. The van der Waals surface area contributed by atoms with E-state index in [-0.39, 0.29) is 12.5 Å². The lowest BCUT2D eigenvalue weighted by Gasteiger charge is -2.42. The molecular weight excluding hydrogens is 319 g/mol. The molecule has 5 atom stereocenters. The number of hydrogen-bond acceptors (Lipinski definition) is 3. The number of nitrogens with zero attached hydrogens (tertiary/aromatic N) is 1. The van der Waals surface area contributed by atoms with Gasteiger partial charge < -0.3 is 10.1 Å². The van der Waals surface area contributed by atoms with Crippen molar-refractivity contribution in [2.45, 2.75) is 43.9 Å². The number of ether oxygens (including phenoxy) is 1. The third-order valence-corrected chi connectivity index (χ3v) is 6.37. The number of carbonyl (C=O) groups is 1. The number of nitriles is 1. The molecule has 0 spiro atoms. The molecule has 2 bridgehead atoms. The first-order chi connectivity index (χ1) is 12.1. The zero-order valence-corrected chi connectivity index (χ0v) is 14.2. The van der Waals surface area contributed by atoms with Gasteiger partial charge in [-0.25, -0.2) is 4.39 Å². The summed E-state index contributed by atoms with van der Waals surface area (Å²) in [6, 6.07) is 9.35. The number of fused-ring (bicyclic) bond motifs is 2. The fourth-order valence-electron chi connectivity index (χ4n) is 4.86. The van der Waals surface area contributed by atoms with Crippen LogP contribution in [0.2, 0.25) is 0 Å². The van der Waals surface area contributed by atoms with Crippen LogP contribution < -0.4 is 5.32 Å². The van der Waals surface area contributed by atoms with Gasteiger partial charge in [-0.3, -0.25) is 4.79 Å². The maximum atomic E-state index is 14.7. The van der Waals surface area contributed by atoms with Crippen LogP contribution >= 0.6 is 0 Å². The van der Waals surface area contributed by atoms with Crippen molar-refractivity contribution < 1.29 is 13.9 Å². The highest BCUT2D eigenvalue weighted by Gasteiger charge is 2.46. The van der Waals surface area contributed by atoms with Gasteiger partial charge in [0.25, 0.3) is 5.91 Å². The third kappa shape index (κ3) is 2.93. The molecule has 3 aliphatic rings. The summed E-state index contributed by atoms with van der Waals surface area (Å²) in [5, 5.41) is 11.8. The Morgan fingerprint density at radius 1 is 1.44 bits per heavy atom. The van der Waals surface area contributed by atoms with Gasteiger partial charge in [0.05, 0.1) is 24.8 Å². The Morgan fingerprint density at radius 3 is 2.88 bits per heavy atom. The summed E-state index contributed by atoms with van der Waals surface area (Å²) in [4.78, 5) is 12.4. The van der Waals surface area contributed by atoms with E-state index in [2.05, 4.69) is 11.4 Å². The fourth-order valence-corrected chi connectivity index (χ4v) is 4.86. The van der Waals surface area contributed by atoms with Crippen molar-refractivity contribution in [3.63, 3.8) is 0 Å². The second-order valence-corrected chi connectivity index (χ2v) is 7.74. The molecule has 132 valence electrons. The average molecular weight is 342 g/mol. The quantitative estimate of drug-likeness (QED) is 0.894. The first kappa shape index (κ1) is 16.5. The second-order valence-electron chi connectivity index (χ2n) is 7.74. The van der Waals surface area contributed by atoms with Gasteiger partial charge in [0, 0.05) is 12.3 Å². The molecule has 1 heterocycles. The summed E-state index contributed by atoms with van der Waals surface area (Å²) in [6.45, 7) is 0.861. The van der Waals surface area contributed by atoms with E-state index in [0.29, 0.717) is 24.0 Å². The van der Waals surface area contributed by atoms with Crippen molar-refractivity contribution in [3.05, 3.63) is 35.4 Å². The minimum Gasteiger partial charge on any atom is -0.368 e. The molecule has 25 heavy (non-hydrogen) atoms. The molecule has 1 N–H and O–H groups in total. The van der Waals surface area contributed by atoms with Crippen LogP contribution in [0.25, 0.3) is 0 Å². The Bertz CT molecular complexity index is 710. The van der Waals surface area contributed by atoms with Gasteiger partial charge in [-0.2, -0.15) is 5.26 Å². The van der Waals surface area contributed by atoms with E-state index in [1.807, 2.05) is 12.1 Å². The molecule has 1 saturated heterocycles. The van der Waals surface area contributed by atoms with E-state index >= 15 is 0 Å². The van der Waals surface area contributed by atoms with Gasteiger partial charge in [-0.15, -0.1) is 0 Å². The van der Waals surface area contributed by atoms with Crippen LogP contribution in [0.3, 0.4) is 0 Å². The maximum Gasteiger partial charge on any atom is 0.254 e. The summed E-state index contributed by atoms with van der Waals surface area (Å²) in [7, 11) is 0. The van der Waals surface area contributed by atoms with E-state index < -0.39 is 17.7 Å². The summed E-state index contributed by atoms with van der Waals surface area (Å²) in [5.74, 6) is 0.380. The lowest BCUT2D eigenvalue weighted by molar-refractivity contribution is -0.157. The summed E-state index contributed by atoms with van der Waals surface area (Å²) >= 11 is 0. The minimum absolute atomic E-state index is 0.112. The van der Waals surface area contributed by atoms with E-state index in [1.165, 1.54) is 6.42 Å². The monoisotopic (exact) mass is 342 g/mol. The van der Waals surface area contributed by atoms with Crippen LogP contribution in [0.1, 0.15) is 43.2 Å². The lowest BCUT2D eigenvalue weighted by Crippen LogP contribution is -2.52. The Balaban J connectivity index is 1.40. The predicted octanol–water partition coefficient (Wildman–Crippen LogP) is 3.06. The molecule has 2 saturated carbocycles. The molecule has 4 nitrogen and oxygen atoms in total. The summed E-state index contributed by atoms with van der Waals surface area (Å²) < 4.78 is 20.4. The molecular formula is C20H23FN2O2. The second kappa shape index (κ2) is 6.42. The van der Waals surface area contributed by atoms with Gasteiger partial charge in [0.1, 0.15) is 5.60 Å². The smallest absolute Gasteiger partial charge is 0.254 e. The fraction of sp³-hybridized carbons (Fsp3) is 0.600. The molecule has 1 aromatic carbocycles. The highest BCUT2D eigenvalue weighted by Crippen LogP contribution is 2.50. The summed E-state index contributed by atoms with van der Waals surface area (Å²) in [6.07, 6.45) is 3.54. The Labute approximate surface area is 147 Å². The van der Waals surface area contributed by atoms with E-state index in [0.717, 1.165) is 31.2 Å². The third-order valence-electron chi connectivity index (χ3n) is 6.37. The predicted molar refractivity (Wildman–Crippen MR) is 90.2 cm³/mol. The number of hydrogen-bond donors (Lipinski definition) is 1. The van der Waals surface area contributed by atoms with Gasteiger partial charge >= 0.3 is 0 Å². The number of benzene rings is 1.